The summed E-state index contributed by atoms with van der Waals surface area (Å²) in [5, 5.41) is 0. The van der Waals surface area contributed by atoms with E-state index >= 15 is 0 Å². The second-order valence-corrected chi connectivity index (χ2v) is 5.55. The zero-order chi connectivity index (χ0) is 16.3. The van der Waals surface area contributed by atoms with Crippen molar-refractivity contribution in [2.24, 2.45) is 11.7 Å². The van der Waals surface area contributed by atoms with Crippen LogP contribution in [0.1, 0.15) is 24.8 Å². The number of hydrogen-bond donors (Lipinski definition) is 1. The van der Waals surface area contributed by atoms with Crippen LogP contribution >= 0.6 is 0 Å². The van der Waals surface area contributed by atoms with Gasteiger partial charge >= 0.3 is 6.36 Å². The van der Waals surface area contributed by atoms with E-state index in [4.69, 9.17) is 5.73 Å². The van der Waals surface area contributed by atoms with Crippen molar-refractivity contribution in [1.82, 2.24) is 4.90 Å². The van der Waals surface area contributed by atoms with Crippen LogP contribution in [0.15, 0.2) is 24.3 Å². The molecule has 0 aliphatic heterocycles. The lowest BCUT2D eigenvalue weighted by Gasteiger charge is -2.24. The number of carbonyl (C=O) groups is 1. The Labute approximate surface area is 127 Å². The first-order valence-corrected chi connectivity index (χ1v) is 7.12. The third-order valence-corrected chi connectivity index (χ3v) is 3.87. The van der Waals surface area contributed by atoms with Gasteiger partial charge in [-0.05, 0) is 18.9 Å². The molecule has 0 heterocycles. The summed E-state index contributed by atoms with van der Waals surface area (Å²) in [4.78, 5) is 13.8. The molecule has 0 unspecified atom stereocenters. The number of hydrogen-bond acceptors (Lipinski definition) is 3. The molecule has 0 radical (unpaired) electrons. The Kier molecular flexibility index (Phi) is 4.95. The molecule has 22 heavy (non-hydrogen) atoms. The number of halogens is 3. The van der Waals surface area contributed by atoms with Gasteiger partial charge in [-0.2, -0.15) is 0 Å². The van der Waals surface area contributed by atoms with Gasteiger partial charge < -0.3 is 15.4 Å². The van der Waals surface area contributed by atoms with Crippen LogP contribution in [0.4, 0.5) is 13.2 Å². The molecule has 2 rings (SSSR count). The highest BCUT2D eigenvalue weighted by molar-refractivity contribution is 5.79. The number of nitrogens with two attached hydrogens (primary N) is 1. The van der Waals surface area contributed by atoms with E-state index in [1.807, 2.05) is 0 Å². The molecule has 2 atom stereocenters. The maximum absolute atomic E-state index is 12.4. The molecule has 7 heteroatoms. The largest absolute Gasteiger partial charge is 0.573 e. The number of benzene rings is 1. The number of para-hydroxylation sites is 1. The second-order valence-electron chi connectivity index (χ2n) is 5.55. The van der Waals surface area contributed by atoms with E-state index in [0.29, 0.717) is 5.56 Å². The Morgan fingerprint density at radius 2 is 2.05 bits per heavy atom. The molecular weight excluding hydrogens is 297 g/mol. The van der Waals surface area contributed by atoms with E-state index in [0.717, 1.165) is 19.3 Å². The lowest BCUT2D eigenvalue weighted by Crippen LogP contribution is -2.39. The molecule has 1 aliphatic carbocycles. The van der Waals surface area contributed by atoms with Crippen molar-refractivity contribution in [3.8, 4) is 5.75 Å². The molecule has 2 N–H and O–H groups in total. The molecule has 0 spiro atoms. The van der Waals surface area contributed by atoms with Crippen LogP contribution in [-0.4, -0.2) is 30.3 Å². The van der Waals surface area contributed by atoms with Crippen molar-refractivity contribution in [3.63, 3.8) is 0 Å². The molecular formula is C15H19F3N2O2. The zero-order valence-electron chi connectivity index (χ0n) is 12.3. The van der Waals surface area contributed by atoms with Gasteiger partial charge in [0, 0.05) is 25.2 Å². The van der Waals surface area contributed by atoms with Crippen LogP contribution in [0.5, 0.6) is 5.75 Å². The lowest BCUT2D eigenvalue weighted by molar-refractivity contribution is -0.275. The van der Waals surface area contributed by atoms with E-state index in [-0.39, 0.29) is 30.2 Å². The maximum atomic E-state index is 12.4. The summed E-state index contributed by atoms with van der Waals surface area (Å²) in [6.07, 6.45) is -2.32. The Hall–Kier alpha value is -1.76. The van der Waals surface area contributed by atoms with Crippen LogP contribution in [0.2, 0.25) is 0 Å². The van der Waals surface area contributed by atoms with Gasteiger partial charge in [0.25, 0.3) is 0 Å². The molecule has 1 fully saturated rings. The number of alkyl halides is 3. The smallest absolute Gasteiger partial charge is 0.405 e. The minimum atomic E-state index is -4.76. The van der Waals surface area contributed by atoms with Crippen LogP contribution in [0, 0.1) is 5.92 Å². The average molecular weight is 316 g/mol. The summed E-state index contributed by atoms with van der Waals surface area (Å²) in [5.41, 5.74) is 6.21. The average Bonchev–Trinajstić information content (AvgIpc) is 2.84. The van der Waals surface area contributed by atoms with Gasteiger partial charge in [-0.15, -0.1) is 13.2 Å². The normalized spacial score (nSPS) is 21.7. The molecule has 0 saturated heterocycles. The van der Waals surface area contributed by atoms with Crippen molar-refractivity contribution in [2.75, 3.05) is 7.05 Å². The maximum Gasteiger partial charge on any atom is 0.573 e. The van der Waals surface area contributed by atoms with Gasteiger partial charge in [-0.25, -0.2) is 0 Å². The molecule has 1 aromatic rings. The van der Waals surface area contributed by atoms with Crippen molar-refractivity contribution in [1.29, 1.82) is 0 Å². The minimum absolute atomic E-state index is 0.0499. The predicted octanol–water partition coefficient (Wildman–Crippen LogP) is 2.67. The third-order valence-electron chi connectivity index (χ3n) is 3.87. The Morgan fingerprint density at radius 3 is 2.64 bits per heavy atom. The Morgan fingerprint density at radius 1 is 1.36 bits per heavy atom. The number of carbonyl (C=O) groups excluding carboxylic acids is 1. The van der Waals surface area contributed by atoms with Crippen molar-refractivity contribution in [3.05, 3.63) is 29.8 Å². The first kappa shape index (κ1) is 16.6. The molecule has 1 saturated carbocycles. The molecule has 4 nitrogen and oxygen atoms in total. The van der Waals surface area contributed by atoms with Gasteiger partial charge in [-0.3, -0.25) is 4.79 Å². The van der Waals surface area contributed by atoms with Crippen LogP contribution in [-0.2, 0) is 11.3 Å². The number of nitrogens with zero attached hydrogens (tertiary/aromatic N) is 1. The van der Waals surface area contributed by atoms with Crippen molar-refractivity contribution >= 4 is 5.91 Å². The summed E-state index contributed by atoms with van der Waals surface area (Å²) < 4.78 is 41.2. The van der Waals surface area contributed by atoms with E-state index in [1.165, 1.54) is 23.1 Å². The fourth-order valence-electron chi connectivity index (χ4n) is 2.77. The summed E-state index contributed by atoms with van der Waals surface area (Å²) in [7, 11) is 1.57. The zero-order valence-corrected chi connectivity index (χ0v) is 12.3. The lowest BCUT2D eigenvalue weighted by atomic mass is 10.0. The molecule has 0 aromatic heterocycles. The van der Waals surface area contributed by atoms with Gasteiger partial charge in [0.2, 0.25) is 5.91 Å². The van der Waals surface area contributed by atoms with Crippen LogP contribution in [0.25, 0.3) is 0 Å². The number of amides is 1. The van der Waals surface area contributed by atoms with E-state index in [2.05, 4.69) is 4.74 Å². The highest BCUT2D eigenvalue weighted by atomic mass is 19.4. The Bertz CT molecular complexity index is 534. The highest BCUT2D eigenvalue weighted by Gasteiger charge is 2.34. The topological polar surface area (TPSA) is 55.6 Å². The third kappa shape index (κ3) is 4.13. The van der Waals surface area contributed by atoms with Gasteiger partial charge in [0.05, 0.1) is 5.92 Å². The number of rotatable bonds is 4. The summed E-state index contributed by atoms with van der Waals surface area (Å²) in [6.45, 7) is 0.0499. The monoisotopic (exact) mass is 316 g/mol. The van der Waals surface area contributed by atoms with E-state index in [1.54, 1.807) is 13.1 Å². The summed E-state index contributed by atoms with van der Waals surface area (Å²) in [5.74, 6) is -0.669. The van der Waals surface area contributed by atoms with Gasteiger partial charge in [0.15, 0.2) is 0 Å². The molecule has 1 amide bonds. The standard InChI is InChI=1S/C15H19F3N2O2/c1-20(14(21)11-6-4-7-12(11)19)9-10-5-2-3-8-13(10)22-15(16,17)18/h2-3,5,8,11-12H,4,6-7,9,19H2,1H3/t11-,12+/m0/s1. The quantitative estimate of drug-likeness (QED) is 0.929. The molecule has 1 aromatic carbocycles. The van der Waals surface area contributed by atoms with Gasteiger partial charge in [-0.1, -0.05) is 24.6 Å². The van der Waals surface area contributed by atoms with Crippen molar-refractivity contribution < 1.29 is 22.7 Å². The fourth-order valence-corrected chi connectivity index (χ4v) is 2.77. The van der Waals surface area contributed by atoms with Crippen LogP contribution < -0.4 is 10.5 Å². The molecule has 0 bridgehead atoms. The first-order valence-electron chi connectivity index (χ1n) is 7.12. The van der Waals surface area contributed by atoms with E-state index in [9.17, 15) is 18.0 Å². The minimum Gasteiger partial charge on any atom is -0.405 e. The highest BCUT2D eigenvalue weighted by Crippen LogP contribution is 2.29. The summed E-state index contributed by atoms with van der Waals surface area (Å²) >= 11 is 0. The SMILES string of the molecule is CN(Cc1ccccc1OC(F)(F)F)C(=O)[C@H]1CCC[C@H]1N. The molecule has 122 valence electrons. The predicted molar refractivity (Wildman–Crippen MR) is 74.9 cm³/mol. The summed E-state index contributed by atoms with van der Waals surface area (Å²) in [6, 6.07) is 5.65. The first-order chi connectivity index (χ1) is 10.3. The van der Waals surface area contributed by atoms with Crippen molar-refractivity contribution in [2.45, 2.75) is 38.2 Å². The van der Waals surface area contributed by atoms with E-state index < -0.39 is 6.36 Å². The fraction of sp³-hybridized carbons (Fsp3) is 0.533. The Balaban J connectivity index is 2.08. The molecule has 1 aliphatic rings. The van der Waals surface area contributed by atoms with Crippen LogP contribution in [0.3, 0.4) is 0 Å². The second kappa shape index (κ2) is 6.56. The number of ether oxygens (including phenoxy) is 1. The van der Waals surface area contributed by atoms with Gasteiger partial charge in [0.1, 0.15) is 5.75 Å².